The number of nitrogens with one attached hydrogen (secondary N) is 1. The van der Waals surface area contributed by atoms with Gasteiger partial charge in [-0.05, 0) is 6.07 Å². The zero-order chi connectivity index (χ0) is 12.7. The minimum atomic E-state index is -0.0663. The van der Waals surface area contributed by atoms with Crippen LogP contribution in [0.15, 0.2) is 11.4 Å². The molecule has 5 nitrogen and oxygen atoms in total. The highest BCUT2D eigenvalue weighted by molar-refractivity contribution is 7.12. The number of methoxy groups -OCH3 is 1. The number of carbonyl (C=O) groups excluding carboxylic acids is 2. The Morgan fingerprint density at radius 3 is 3.00 bits per heavy atom. The summed E-state index contributed by atoms with van der Waals surface area (Å²) >= 11 is 1.37. The fourth-order valence-corrected chi connectivity index (χ4v) is 2.01. The normalized spacial score (nSPS) is 10.0. The summed E-state index contributed by atoms with van der Waals surface area (Å²) in [6.45, 7) is 1.27. The molecule has 1 amide bonds. The topological polar surface area (TPSA) is 58.6 Å². The van der Waals surface area contributed by atoms with E-state index in [2.05, 4.69) is 5.32 Å². The molecule has 1 rings (SSSR count). The number of amides is 1. The Bertz CT molecular complexity index is 379. The van der Waals surface area contributed by atoms with Crippen LogP contribution in [0.5, 0.6) is 0 Å². The number of ether oxygens (including phenoxy) is 1. The molecule has 0 aromatic carbocycles. The Morgan fingerprint density at radius 1 is 1.65 bits per heavy atom. The third kappa shape index (κ3) is 4.54. The van der Waals surface area contributed by atoms with Crippen LogP contribution < -0.4 is 10.2 Å². The quantitative estimate of drug-likeness (QED) is 0.578. The first-order valence-corrected chi connectivity index (χ1v) is 6.06. The van der Waals surface area contributed by atoms with Gasteiger partial charge in [0.2, 0.25) is 5.91 Å². The summed E-state index contributed by atoms with van der Waals surface area (Å²) in [5.74, 6) is -0.0663. The Balaban J connectivity index is 2.40. The van der Waals surface area contributed by atoms with Crippen LogP contribution in [0.2, 0.25) is 0 Å². The first kappa shape index (κ1) is 13.7. The fraction of sp³-hybridized carbons (Fsp3) is 0.455. The van der Waals surface area contributed by atoms with Gasteiger partial charge in [-0.25, -0.2) is 0 Å². The number of anilines is 1. The van der Waals surface area contributed by atoms with Crippen LogP contribution in [0.25, 0.3) is 0 Å². The van der Waals surface area contributed by atoms with E-state index in [1.54, 1.807) is 18.1 Å². The van der Waals surface area contributed by atoms with E-state index in [0.717, 1.165) is 12.0 Å². The lowest BCUT2D eigenvalue weighted by atomic mass is 10.4. The SMILES string of the molecule is COCCNC(=O)CN(C)c1csc(C=O)c1. The second kappa shape index (κ2) is 7.03. The molecule has 17 heavy (non-hydrogen) atoms. The van der Waals surface area contributed by atoms with Crippen LogP contribution in [0.4, 0.5) is 5.69 Å². The van der Waals surface area contributed by atoms with E-state index in [4.69, 9.17) is 4.74 Å². The molecule has 0 aliphatic heterocycles. The molecule has 1 N–H and O–H groups in total. The van der Waals surface area contributed by atoms with Gasteiger partial charge in [0.15, 0.2) is 6.29 Å². The van der Waals surface area contributed by atoms with Gasteiger partial charge >= 0.3 is 0 Å². The van der Waals surface area contributed by atoms with Crippen molar-refractivity contribution in [1.29, 1.82) is 0 Å². The summed E-state index contributed by atoms with van der Waals surface area (Å²) in [5.41, 5.74) is 0.874. The van der Waals surface area contributed by atoms with Gasteiger partial charge in [-0.3, -0.25) is 9.59 Å². The van der Waals surface area contributed by atoms with Crippen LogP contribution in [0.3, 0.4) is 0 Å². The predicted molar refractivity (Wildman–Crippen MR) is 67.9 cm³/mol. The van der Waals surface area contributed by atoms with Crippen LogP contribution in [-0.2, 0) is 9.53 Å². The molecular formula is C11H16N2O3S. The maximum Gasteiger partial charge on any atom is 0.239 e. The first-order valence-electron chi connectivity index (χ1n) is 5.18. The maximum atomic E-state index is 11.5. The van der Waals surface area contributed by atoms with E-state index in [0.29, 0.717) is 18.0 Å². The van der Waals surface area contributed by atoms with Crippen molar-refractivity contribution in [3.05, 3.63) is 16.3 Å². The molecule has 0 saturated carbocycles. The molecule has 0 aliphatic carbocycles. The summed E-state index contributed by atoms with van der Waals surface area (Å²) < 4.78 is 4.83. The van der Waals surface area contributed by atoms with Gasteiger partial charge in [0.1, 0.15) is 0 Å². The van der Waals surface area contributed by atoms with Crippen molar-refractivity contribution in [3.63, 3.8) is 0 Å². The minimum Gasteiger partial charge on any atom is -0.383 e. The highest BCUT2D eigenvalue weighted by atomic mass is 32.1. The van der Waals surface area contributed by atoms with Crippen molar-refractivity contribution in [3.8, 4) is 0 Å². The third-order valence-corrected chi connectivity index (χ3v) is 3.02. The van der Waals surface area contributed by atoms with Crippen molar-refractivity contribution in [2.45, 2.75) is 0 Å². The number of rotatable bonds is 7. The summed E-state index contributed by atoms with van der Waals surface area (Å²) in [5, 5.41) is 4.59. The number of aldehydes is 1. The molecule has 0 radical (unpaired) electrons. The van der Waals surface area contributed by atoms with Crippen LogP contribution in [-0.4, -0.2) is 46.0 Å². The Labute approximate surface area is 104 Å². The molecule has 0 bridgehead atoms. The Morgan fingerprint density at radius 2 is 2.41 bits per heavy atom. The van der Waals surface area contributed by atoms with Gasteiger partial charge in [-0.15, -0.1) is 11.3 Å². The lowest BCUT2D eigenvalue weighted by Crippen LogP contribution is -2.36. The number of hydrogen-bond acceptors (Lipinski definition) is 5. The van der Waals surface area contributed by atoms with E-state index < -0.39 is 0 Å². The molecule has 0 aliphatic rings. The Kier molecular flexibility index (Phi) is 5.65. The molecular weight excluding hydrogens is 240 g/mol. The number of thiophene rings is 1. The molecule has 1 heterocycles. The highest BCUT2D eigenvalue weighted by Gasteiger charge is 2.08. The summed E-state index contributed by atoms with van der Waals surface area (Å²) in [4.78, 5) is 24.5. The second-order valence-electron chi connectivity index (χ2n) is 3.52. The number of likely N-dealkylation sites (N-methyl/N-ethyl adjacent to an activating group) is 1. The van der Waals surface area contributed by atoms with Gasteiger partial charge in [-0.1, -0.05) is 0 Å². The summed E-state index contributed by atoms with van der Waals surface area (Å²) in [7, 11) is 3.40. The van der Waals surface area contributed by atoms with Crippen LogP contribution in [0.1, 0.15) is 9.67 Å². The standard InChI is InChI=1S/C11H16N2O3S/c1-13(6-11(15)12-3-4-16-2)9-5-10(7-14)17-8-9/h5,7-8H,3-4,6H2,1-2H3,(H,12,15). The lowest BCUT2D eigenvalue weighted by Gasteiger charge is -2.16. The van der Waals surface area contributed by atoms with Crippen molar-refractivity contribution in [2.24, 2.45) is 0 Å². The van der Waals surface area contributed by atoms with Gasteiger partial charge < -0.3 is 15.0 Å². The molecule has 6 heteroatoms. The average molecular weight is 256 g/mol. The Hall–Kier alpha value is -1.40. The number of hydrogen-bond donors (Lipinski definition) is 1. The molecule has 1 aromatic heterocycles. The molecule has 0 fully saturated rings. The zero-order valence-corrected chi connectivity index (χ0v) is 10.8. The first-order chi connectivity index (χ1) is 8.17. The largest absolute Gasteiger partial charge is 0.383 e. The highest BCUT2D eigenvalue weighted by Crippen LogP contribution is 2.20. The van der Waals surface area contributed by atoms with E-state index in [1.165, 1.54) is 11.3 Å². The smallest absolute Gasteiger partial charge is 0.239 e. The van der Waals surface area contributed by atoms with E-state index in [1.807, 2.05) is 12.4 Å². The van der Waals surface area contributed by atoms with Crippen molar-refractivity contribution in [2.75, 3.05) is 38.8 Å². The molecule has 0 spiro atoms. The second-order valence-corrected chi connectivity index (χ2v) is 4.47. The van der Waals surface area contributed by atoms with Gasteiger partial charge in [0.05, 0.1) is 18.0 Å². The third-order valence-electron chi connectivity index (χ3n) is 2.17. The molecule has 0 atom stereocenters. The van der Waals surface area contributed by atoms with Crippen LogP contribution >= 0.6 is 11.3 Å². The van der Waals surface area contributed by atoms with Crippen molar-refractivity contribution in [1.82, 2.24) is 5.32 Å². The monoisotopic (exact) mass is 256 g/mol. The van der Waals surface area contributed by atoms with Gasteiger partial charge in [-0.2, -0.15) is 0 Å². The molecule has 0 unspecified atom stereocenters. The number of carbonyl (C=O) groups is 2. The summed E-state index contributed by atoms with van der Waals surface area (Å²) in [6.07, 6.45) is 0.806. The number of nitrogens with zero attached hydrogens (tertiary/aromatic N) is 1. The van der Waals surface area contributed by atoms with E-state index in [9.17, 15) is 9.59 Å². The summed E-state index contributed by atoms with van der Waals surface area (Å²) in [6, 6.07) is 1.76. The molecule has 94 valence electrons. The van der Waals surface area contributed by atoms with E-state index >= 15 is 0 Å². The zero-order valence-electron chi connectivity index (χ0n) is 9.93. The lowest BCUT2D eigenvalue weighted by molar-refractivity contribution is -0.119. The van der Waals surface area contributed by atoms with Gasteiger partial charge in [0.25, 0.3) is 0 Å². The molecule has 0 saturated heterocycles. The predicted octanol–water partition coefficient (Wildman–Crippen LogP) is 0.759. The van der Waals surface area contributed by atoms with Crippen molar-refractivity contribution < 1.29 is 14.3 Å². The molecule has 1 aromatic rings. The van der Waals surface area contributed by atoms with Crippen LogP contribution in [0, 0.1) is 0 Å². The van der Waals surface area contributed by atoms with E-state index in [-0.39, 0.29) is 12.5 Å². The maximum absolute atomic E-state index is 11.5. The minimum absolute atomic E-state index is 0.0663. The van der Waals surface area contributed by atoms with Gasteiger partial charge in [0, 0.05) is 31.8 Å². The fourth-order valence-electron chi connectivity index (χ4n) is 1.26. The van der Waals surface area contributed by atoms with Crippen molar-refractivity contribution >= 4 is 29.2 Å². The average Bonchev–Trinajstić information content (AvgIpc) is 2.78.